The molecule has 0 saturated heterocycles. The second-order valence-electron chi connectivity index (χ2n) is 4.59. The maximum atomic E-state index is 11.5. The highest BCUT2D eigenvalue weighted by Gasteiger charge is 2.36. The Morgan fingerprint density at radius 3 is 2.65 bits per heavy atom. The summed E-state index contributed by atoms with van der Waals surface area (Å²) in [5.41, 5.74) is 0. The van der Waals surface area contributed by atoms with Crippen LogP contribution in [0.4, 0.5) is 0 Å². The van der Waals surface area contributed by atoms with Gasteiger partial charge in [0.25, 0.3) is 0 Å². The van der Waals surface area contributed by atoms with Crippen molar-refractivity contribution >= 4 is 5.97 Å². The van der Waals surface area contributed by atoms with Gasteiger partial charge >= 0.3 is 5.97 Å². The lowest BCUT2D eigenvalue weighted by Crippen LogP contribution is -2.43. The Morgan fingerprint density at radius 2 is 2.12 bits per heavy atom. The molecule has 1 aliphatic carbocycles. The largest absolute Gasteiger partial charge is 0.468 e. The van der Waals surface area contributed by atoms with Crippen molar-refractivity contribution in [3.8, 4) is 0 Å². The summed E-state index contributed by atoms with van der Waals surface area (Å²) < 4.78 is 9.81. The monoisotopic (exact) mass is 244 g/mol. The summed E-state index contributed by atoms with van der Waals surface area (Å²) in [5, 5.41) is 3.28. The first kappa shape index (κ1) is 14.4. The molecule has 0 amide bonds. The molecule has 0 aromatic rings. The summed E-state index contributed by atoms with van der Waals surface area (Å²) in [6, 6.07) is -0.115. The number of esters is 1. The van der Waals surface area contributed by atoms with Gasteiger partial charge < -0.3 is 19.7 Å². The first-order chi connectivity index (χ1) is 8.19. The van der Waals surface area contributed by atoms with E-state index in [1.165, 1.54) is 7.11 Å². The fourth-order valence-corrected chi connectivity index (χ4v) is 1.77. The number of ether oxygens (including phenoxy) is 2. The third kappa shape index (κ3) is 5.48. The fourth-order valence-electron chi connectivity index (χ4n) is 1.77. The molecule has 0 aromatic heterocycles. The first-order valence-electron chi connectivity index (χ1n) is 6.17. The molecule has 0 radical (unpaired) electrons. The Morgan fingerprint density at radius 1 is 1.41 bits per heavy atom. The maximum Gasteiger partial charge on any atom is 0.323 e. The van der Waals surface area contributed by atoms with E-state index in [4.69, 9.17) is 9.47 Å². The number of rotatable bonds is 9. The minimum Gasteiger partial charge on any atom is -0.468 e. The number of carbonyl (C=O) groups is 1. The molecule has 1 saturated carbocycles. The van der Waals surface area contributed by atoms with Crippen LogP contribution in [-0.4, -0.2) is 64.4 Å². The van der Waals surface area contributed by atoms with Crippen molar-refractivity contribution in [2.45, 2.75) is 18.9 Å². The first-order valence-corrected chi connectivity index (χ1v) is 6.17. The number of methoxy groups -OCH3 is 2. The smallest absolute Gasteiger partial charge is 0.323 e. The van der Waals surface area contributed by atoms with E-state index in [0.29, 0.717) is 5.92 Å². The van der Waals surface area contributed by atoms with Crippen LogP contribution < -0.4 is 5.32 Å². The van der Waals surface area contributed by atoms with Crippen LogP contribution in [-0.2, 0) is 14.3 Å². The van der Waals surface area contributed by atoms with E-state index in [0.717, 1.165) is 39.1 Å². The molecule has 1 fully saturated rings. The minimum atomic E-state index is -0.132. The van der Waals surface area contributed by atoms with Crippen LogP contribution in [0.25, 0.3) is 0 Å². The van der Waals surface area contributed by atoms with Crippen molar-refractivity contribution in [3.63, 3.8) is 0 Å². The predicted octanol–water partition coefficient (Wildman–Crippen LogP) is 0.106. The quantitative estimate of drug-likeness (QED) is 0.583. The van der Waals surface area contributed by atoms with E-state index in [-0.39, 0.29) is 12.0 Å². The second-order valence-corrected chi connectivity index (χ2v) is 4.59. The number of hydrogen-bond acceptors (Lipinski definition) is 5. The summed E-state index contributed by atoms with van der Waals surface area (Å²) in [7, 11) is 5.20. The molecule has 0 spiro atoms. The lowest BCUT2D eigenvalue weighted by atomic mass is 10.2. The molecule has 0 bridgehead atoms. The normalized spacial score (nSPS) is 17.2. The van der Waals surface area contributed by atoms with Crippen LogP contribution in [0.3, 0.4) is 0 Å². The zero-order chi connectivity index (χ0) is 12.7. The number of carbonyl (C=O) groups excluding carboxylic acids is 1. The maximum absolute atomic E-state index is 11.5. The van der Waals surface area contributed by atoms with Gasteiger partial charge in [-0.2, -0.15) is 0 Å². The average molecular weight is 244 g/mol. The van der Waals surface area contributed by atoms with E-state index in [2.05, 4.69) is 10.2 Å². The van der Waals surface area contributed by atoms with Gasteiger partial charge in [-0.3, -0.25) is 4.79 Å². The third-order valence-electron chi connectivity index (χ3n) is 3.08. The highest BCUT2D eigenvalue weighted by molar-refractivity contribution is 5.76. The molecule has 1 N–H and O–H groups in total. The predicted molar refractivity (Wildman–Crippen MR) is 65.9 cm³/mol. The molecule has 1 unspecified atom stereocenters. The lowest BCUT2D eigenvalue weighted by molar-refractivity contribution is -0.143. The van der Waals surface area contributed by atoms with Gasteiger partial charge in [0.15, 0.2) is 0 Å². The van der Waals surface area contributed by atoms with Gasteiger partial charge in [0.2, 0.25) is 0 Å². The average Bonchev–Trinajstić information content (AvgIpc) is 3.15. The second kappa shape index (κ2) is 7.63. The molecule has 0 heterocycles. The summed E-state index contributed by atoms with van der Waals surface area (Å²) >= 11 is 0. The molecular weight excluding hydrogens is 220 g/mol. The molecule has 5 heteroatoms. The van der Waals surface area contributed by atoms with Crippen LogP contribution in [0.5, 0.6) is 0 Å². The van der Waals surface area contributed by atoms with E-state index in [1.807, 2.05) is 7.05 Å². The van der Waals surface area contributed by atoms with Crippen LogP contribution in [0.15, 0.2) is 0 Å². The number of hydrogen-bond donors (Lipinski definition) is 1. The molecule has 1 rings (SSSR count). The highest BCUT2D eigenvalue weighted by Crippen LogP contribution is 2.32. The van der Waals surface area contributed by atoms with Crippen LogP contribution >= 0.6 is 0 Å². The van der Waals surface area contributed by atoms with Crippen LogP contribution in [0.1, 0.15) is 12.8 Å². The molecule has 17 heavy (non-hydrogen) atoms. The zero-order valence-electron chi connectivity index (χ0n) is 11.1. The summed E-state index contributed by atoms with van der Waals surface area (Å²) in [4.78, 5) is 13.7. The van der Waals surface area contributed by atoms with Gasteiger partial charge in [-0.1, -0.05) is 0 Å². The SMILES string of the molecule is COCCN(C)CCNC(C(=O)OC)C1CC1. The third-order valence-corrected chi connectivity index (χ3v) is 3.08. The van der Waals surface area contributed by atoms with Crippen LogP contribution in [0, 0.1) is 5.92 Å². The lowest BCUT2D eigenvalue weighted by Gasteiger charge is -2.19. The van der Waals surface area contributed by atoms with Crippen molar-refractivity contribution in [1.29, 1.82) is 0 Å². The van der Waals surface area contributed by atoms with Gasteiger partial charge in [0.1, 0.15) is 6.04 Å². The fraction of sp³-hybridized carbons (Fsp3) is 0.917. The number of likely N-dealkylation sites (N-methyl/N-ethyl adjacent to an activating group) is 1. The molecule has 0 aliphatic heterocycles. The molecule has 100 valence electrons. The van der Waals surface area contributed by atoms with E-state index >= 15 is 0 Å². The van der Waals surface area contributed by atoms with Crippen molar-refractivity contribution < 1.29 is 14.3 Å². The van der Waals surface area contributed by atoms with E-state index in [1.54, 1.807) is 7.11 Å². The zero-order valence-corrected chi connectivity index (χ0v) is 11.1. The Bertz CT molecular complexity index is 232. The van der Waals surface area contributed by atoms with E-state index < -0.39 is 0 Å². The molecule has 1 aliphatic rings. The van der Waals surface area contributed by atoms with E-state index in [9.17, 15) is 4.79 Å². The standard InChI is InChI=1S/C12H24N2O3/c1-14(8-9-16-2)7-6-13-11(10-4-5-10)12(15)17-3/h10-11,13H,4-9H2,1-3H3. The van der Waals surface area contributed by atoms with Gasteiger partial charge in [-0.05, 0) is 25.8 Å². The summed E-state index contributed by atoms with van der Waals surface area (Å²) in [5.74, 6) is 0.346. The molecule has 0 aromatic carbocycles. The molecule has 5 nitrogen and oxygen atoms in total. The Labute approximate surface area is 103 Å². The van der Waals surface area contributed by atoms with Crippen molar-refractivity contribution in [2.24, 2.45) is 5.92 Å². The molecule has 1 atom stereocenters. The summed E-state index contributed by atoms with van der Waals surface area (Å²) in [6.45, 7) is 3.35. The van der Waals surface area contributed by atoms with Crippen LogP contribution in [0.2, 0.25) is 0 Å². The Hall–Kier alpha value is -0.650. The van der Waals surface area contributed by atoms with Gasteiger partial charge in [-0.25, -0.2) is 0 Å². The van der Waals surface area contributed by atoms with Crippen molar-refractivity contribution in [1.82, 2.24) is 10.2 Å². The van der Waals surface area contributed by atoms with Crippen molar-refractivity contribution in [3.05, 3.63) is 0 Å². The Balaban J connectivity index is 2.16. The number of nitrogens with one attached hydrogen (secondary N) is 1. The van der Waals surface area contributed by atoms with Gasteiger partial charge in [0.05, 0.1) is 13.7 Å². The Kier molecular flexibility index (Phi) is 6.47. The van der Waals surface area contributed by atoms with Crippen molar-refractivity contribution in [2.75, 3.05) is 47.5 Å². The minimum absolute atomic E-state index is 0.115. The number of nitrogens with zero attached hydrogens (tertiary/aromatic N) is 1. The topological polar surface area (TPSA) is 50.8 Å². The van der Waals surface area contributed by atoms with Gasteiger partial charge in [-0.15, -0.1) is 0 Å². The van der Waals surface area contributed by atoms with Gasteiger partial charge in [0, 0.05) is 26.7 Å². The summed E-state index contributed by atoms with van der Waals surface area (Å²) in [6.07, 6.45) is 2.26. The highest BCUT2D eigenvalue weighted by atomic mass is 16.5. The molecular formula is C12H24N2O3.